The molecule has 0 bridgehead atoms. The predicted octanol–water partition coefficient (Wildman–Crippen LogP) is -1.00. The molecule has 2 aromatic rings. The quantitative estimate of drug-likeness (QED) is 0.199. The van der Waals surface area contributed by atoms with Gasteiger partial charge in [0.05, 0.1) is 18.8 Å². The summed E-state index contributed by atoms with van der Waals surface area (Å²) in [6.07, 6.45) is -8.79. The number of nitrogen functional groups attached to an aromatic ring is 1. The first-order valence-corrected chi connectivity index (χ1v) is 16.4. The van der Waals surface area contributed by atoms with Gasteiger partial charge in [-0.15, -0.1) is 0 Å². The van der Waals surface area contributed by atoms with Crippen molar-refractivity contribution in [2.24, 2.45) is 0 Å². The molecule has 9 atom stereocenters. The van der Waals surface area contributed by atoms with Crippen LogP contribution in [0.4, 0.5) is 10.6 Å². The van der Waals surface area contributed by atoms with Gasteiger partial charge in [0.1, 0.15) is 36.3 Å². The molecule has 0 radical (unpaired) electrons. The van der Waals surface area contributed by atoms with Crippen molar-refractivity contribution in [1.82, 2.24) is 24.4 Å². The minimum absolute atomic E-state index is 0.000947. The Morgan fingerprint density at radius 1 is 1.00 bits per heavy atom. The van der Waals surface area contributed by atoms with E-state index in [9.17, 15) is 28.6 Å². The Bertz CT molecular complexity index is 1630. The third-order valence-electron chi connectivity index (χ3n) is 7.24. The Balaban J connectivity index is 1.55. The normalized spacial score (nSPS) is 28.5. The molecule has 2 aliphatic heterocycles. The maximum atomic E-state index is 13.2. The molecule has 0 saturated carbocycles. The van der Waals surface area contributed by atoms with E-state index >= 15 is 0 Å². The van der Waals surface area contributed by atoms with Crippen molar-refractivity contribution in [3.8, 4) is 0 Å². The summed E-state index contributed by atoms with van der Waals surface area (Å²) in [5.74, 6) is -0.000947. The average Bonchev–Trinajstić information content (AvgIpc) is 3.50. The Morgan fingerprint density at radius 2 is 1.62 bits per heavy atom. The van der Waals surface area contributed by atoms with Crippen LogP contribution in [0.1, 0.15) is 40.2 Å². The summed E-state index contributed by atoms with van der Waals surface area (Å²) >= 11 is 0. The number of anilines is 1. The molecule has 0 aliphatic carbocycles. The van der Waals surface area contributed by atoms with Crippen molar-refractivity contribution in [2.75, 3.05) is 33.1 Å². The van der Waals surface area contributed by atoms with Crippen LogP contribution in [0.15, 0.2) is 38.9 Å². The molecule has 2 aliphatic rings. The number of aromatic nitrogens is 4. The molecule has 2 fully saturated rings. The van der Waals surface area contributed by atoms with Crippen LogP contribution in [0.5, 0.6) is 0 Å². The van der Waals surface area contributed by atoms with Crippen molar-refractivity contribution in [2.45, 2.75) is 89.0 Å². The van der Waals surface area contributed by atoms with Crippen LogP contribution in [0.25, 0.3) is 0 Å². The van der Waals surface area contributed by atoms with Gasteiger partial charge in [0.15, 0.2) is 18.6 Å². The minimum Gasteiger partial charge on any atom is -0.756 e. The van der Waals surface area contributed by atoms with Crippen LogP contribution < -0.4 is 32.9 Å². The number of hydrogen-bond acceptors (Lipinski definition) is 16. The van der Waals surface area contributed by atoms with E-state index < -0.39 is 92.6 Å². The number of aromatic amines is 1. The lowest BCUT2D eigenvalue weighted by Crippen LogP contribution is -2.46. The topological polar surface area (TPSA) is 259 Å². The van der Waals surface area contributed by atoms with Gasteiger partial charge in [-0.2, -0.15) is 4.98 Å². The van der Waals surface area contributed by atoms with Gasteiger partial charge in [0, 0.05) is 39.2 Å². The monoisotopic (exact) mass is 703 g/mol. The SMILES string of the molecule is CO[C@@H]1[C@H](OC(=O)NC[C@H]2O[C@@H](n3ccc(=O)[nH]c3=O)[C@H](OC)[C@@H]2OP(=O)([O-])OC(C)C)[C@@H](COC(C)C)O[C@H]1n1ccc(N)nc1=O. The number of methoxy groups -OCH3 is 2. The van der Waals surface area contributed by atoms with E-state index in [-0.39, 0.29) is 18.5 Å². The smallest absolute Gasteiger partial charge is 0.407 e. The van der Waals surface area contributed by atoms with Gasteiger partial charge >= 0.3 is 17.5 Å². The number of nitrogens with zero attached hydrogens (tertiary/aromatic N) is 3. The standard InChI is InChI=1S/C27H41N6O14P/c1-13(2)42-12-16-19(21(40-5)23(44-16)32-9-7-17(28)30-25(32)35)45-27(37)29-11-15-20(47-48(38,39)46-14(3)4)22(41-6)24(43-15)33-10-8-18(34)31-26(33)36/h7-10,13-16,19-24H,11-12H2,1-6H3,(H,29,37)(H,38,39)(H2,28,30,35)(H,31,34,36)/p-1/t15-,16-,19-,20-,21-,22-,23-,24-/m1/s1. The zero-order valence-corrected chi connectivity index (χ0v) is 28.0. The molecule has 0 aromatic carbocycles. The summed E-state index contributed by atoms with van der Waals surface area (Å²) in [6.45, 7) is 6.11. The second kappa shape index (κ2) is 15.8. The summed E-state index contributed by atoms with van der Waals surface area (Å²) in [5.41, 5.74) is 3.37. The Kier molecular flexibility index (Phi) is 12.3. The average molecular weight is 704 g/mol. The highest BCUT2D eigenvalue weighted by Gasteiger charge is 2.51. The number of rotatable bonds is 14. The number of ether oxygens (including phenoxy) is 6. The number of phosphoric ester groups is 1. The summed E-state index contributed by atoms with van der Waals surface area (Å²) in [4.78, 5) is 68.6. The second-order valence-corrected chi connectivity index (χ2v) is 12.7. The predicted molar refractivity (Wildman–Crippen MR) is 162 cm³/mol. The molecule has 4 heterocycles. The molecule has 4 N–H and O–H groups in total. The van der Waals surface area contributed by atoms with E-state index in [4.69, 9.17) is 43.2 Å². The third-order valence-corrected chi connectivity index (χ3v) is 8.42. The van der Waals surface area contributed by atoms with Crippen molar-refractivity contribution >= 4 is 19.7 Å². The van der Waals surface area contributed by atoms with Gasteiger partial charge in [-0.05, 0) is 33.8 Å². The maximum absolute atomic E-state index is 13.2. The maximum Gasteiger partial charge on any atom is 0.407 e. The minimum atomic E-state index is -4.96. The molecule has 4 rings (SSSR count). The van der Waals surface area contributed by atoms with Crippen LogP contribution in [0, 0.1) is 0 Å². The first-order chi connectivity index (χ1) is 22.6. The summed E-state index contributed by atoms with van der Waals surface area (Å²) in [6, 6.07) is 2.46. The van der Waals surface area contributed by atoms with Gasteiger partial charge < -0.3 is 53.4 Å². The number of carbonyl (C=O) groups excluding carboxylic acids is 1. The number of nitrogens with two attached hydrogens (primary N) is 1. The van der Waals surface area contributed by atoms with Gasteiger partial charge in [0.2, 0.25) is 0 Å². The van der Waals surface area contributed by atoms with Crippen LogP contribution in [-0.4, -0.2) is 101 Å². The third kappa shape index (κ3) is 8.95. The number of nitrogens with one attached hydrogen (secondary N) is 2. The largest absolute Gasteiger partial charge is 0.756 e. The first-order valence-electron chi connectivity index (χ1n) is 14.9. The van der Waals surface area contributed by atoms with Gasteiger partial charge in [-0.25, -0.2) is 14.4 Å². The molecule has 21 heteroatoms. The first kappa shape index (κ1) is 37.4. The lowest BCUT2D eigenvalue weighted by atomic mass is 10.1. The highest BCUT2D eigenvalue weighted by atomic mass is 31.2. The van der Waals surface area contributed by atoms with E-state index in [1.165, 1.54) is 40.3 Å². The van der Waals surface area contributed by atoms with E-state index in [0.29, 0.717) is 0 Å². The second-order valence-electron chi connectivity index (χ2n) is 11.4. The fraction of sp³-hybridized carbons (Fsp3) is 0.667. The highest BCUT2D eigenvalue weighted by Crippen LogP contribution is 2.46. The van der Waals surface area contributed by atoms with Crippen molar-refractivity contribution in [3.05, 3.63) is 55.8 Å². The molecule has 268 valence electrons. The Hall–Kier alpha value is -3.46. The molecule has 48 heavy (non-hydrogen) atoms. The number of amides is 1. The summed E-state index contributed by atoms with van der Waals surface area (Å²) in [7, 11) is -2.38. The van der Waals surface area contributed by atoms with Crippen molar-refractivity contribution < 1.29 is 51.7 Å². The van der Waals surface area contributed by atoms with Crippen LogP contribution in [0.3, 0.4) is 0 Å². The number of carbonyl (C=O) groups is 1. The highest BCUT2D eigenvalue weighted by molar-refractivity contribution is 7.45. The molecule has 20 nitrogen and oxygen atoms in total. The molecule has 2 aromatic heterocycles. The number of phosphoric acid groups is 1. The fourth-order valence-corrected chi connectivity index (χ4v) is 6.37. The number of hydrogen-bond donors (Lipinski definition) is 3. The summed E-state index contributed by atoms with van der Waals surface area (Å²) in [5, 5.41) is 2.50. The lowest BCUT2D eigenvalue weighted by Gasteiger charge is -2.31. The number of H-pyrrole nitrogens is 1. The van der Waals surface area contributed by atoms with Crippen molar-refractivity contribution in [1.29, 1.82) is 0 Å². The Morgan fingerprint density at radius 3 is 2.23 bits per heavy atom. The lowest BCUT2D eigenvalue weighted by molar-refractivity contribution is -0.236. The Labute approximate surface area is 273 Å². The number of alkyl carbamates (subject to hydrolysis) is 1. The zero-order chi connectivity index (χ0) is 35.3. The molecule has 1 amide bonds. The van der Waals surface area contributed by atoms with Crippen molar-refractivity contribution in [3.63, 3.8) is 0 Å². The fourth-order valence-electron chi connectivity index (χ4n) is 5.25. The van der Waals surface area contributed by atoms with E-state index in [0.717, 1.165) is 21.4 Å². The molecule has 1 unspecified atom stereocenters. The van der Waals surface area contributed by atoms with Gasteiger partial charge in [-0.1, -0.05) is 0 Å². The molecular weight excluding hydrogens is 663 g/mol. The van der Waals surface area contributed by atoms with Crippen LogP contribution in [0.2, 0.25) is 0 Å². The van der Waals surface area contributed by atoms with E-state index in [1.54, 1.807) is 13.8 Å². The molecular formula is C27H40N6O14P-. The van der Waals surface area contributed by atoms with Crippen LogP contribution >= 0.6 is 7.82 Å². The van der Waals surface area contributed by atoms with E-state index in [1.807, 2.05) is 0 Å². The molecule has 0 spiro atoms. The van der Waals surface area contributed by atoms with Crippen LogP contribution in [-0.2, 0) is 42.0 Å². The van der Waals surface area contributed by atoms with Gasteiger partial charge in [0.25, 0.3) is 13.4 Å². The molecule has 2 saturated heterocycles. The van der Waals surface area contributed by atoms with E-state index in [2.05, 4.69) is 15.3 Å². The zero-order valence-electron chi connectivity index (χ0n) is 27.1. The summed E-state index contributed by atoms with van der Waals surface area (Å²) < 4.78 is 59.6. The van der Waals surface area contributed by atoms with Gasteiger partial charge in [-0.3, -0.25) is 23.5 Å².